The Balaban J connectivity index is 1.93. The third kappa shape index (κ3) is 5.26. The Hall–Kier alpha value is -2.36. The Morgan fingerprint density at radius 2 is 1.86 bits per heavy atom. The summed E-state index contributed by atoms with van der Waals surface area (Å²) in [5.74, 6) is 0.411. The summed E-state index contributed by atoms with van der Waals surface area (Å²) in [7, 11) is 0. The summed E-state index contributed by atoms with van der Waals surface area (Å²) >= 11 is 0. The molecule has 1 aromatic carbocycles. The van der Waals surface area contributed by atoms with E-state index in [1.807, 2.05) is 50.2 Å². The first-order valence-corrected chi connectivity index (χ1v) is 7.16. The van der Waals surface area contributed by atoms with Gasteiger partial charge in [-0.1, -0.05) is 19.9 Å². The van der Waals surface area contributed by atoms with Gasteiger partial charge in [-0.2, -0.15) is 0 Å². The normalized spacial score (nSPS) is 10.4. The molecular weight excluding hydrogens is 262 g/mol. The van der Waals surface area contributed by atoms with E-state index < -0.39 is 0 Å². The molecule has 1 aromatic heterocycles. The molecule has 0 aliphatic carbocycles. The van der Waals surface area contributed by atoms with Crippen LogP contribution >= 0.6 is 0 Å². The van der Waals surface area contributed by atoms with Crippen molar-refractivity contribution in [2.24, 2.45) is 5.92 Å². The molecule has 0 bridgehead atoms. The number of rotatable bonds is 6. The van der Waals surface area contributed by atoms with Crippen LogP contribution in [0, 0.1) is 5.92 Å². The van der Waals surface area contributed by atoms with Gasteiger partial charge in [-0.15, -0.1) is 0 Å². The van der Waals surface area contributed by atoms with Gasteiger partial charge in [-0.25, -0.2) is 0 Å². The summed E-state index contributed by atoms with van der Waals surface area (Å²) in [5.41, 5.74) is 2.97. The predicted molar refractivity (Wildman–Crippen MR) is 86.1 cm³/mol. The fourth-order valence-electron chi connectivity index (χ4n) is 1.99. The second-order valence-corrected chi connectivity index (χ2v) is 5.44. The molecule has 0 fully saturated rings. The van der Waals surface area contributed by atoms with Crippen LogP contribution in [0.3, 0.4) is 0 Å². The molecule has 1 amide bonds. The molecule has 110 valence electrons. The average Bonchev–Trinajstić information content (AvgIpc) is 2.46. The first-order valence-electron chi connectivity index (χ1n) is 7.16. The molecule has 1 heterocycles. The summed E-state index contributed by atoms with van der Waals surface area (Å²) in [6.45, 7) is 4.80. The van der Waals surface area contributed by atoms with Gasteiger partial charge in [-0.3, -0.25) is 9.78 Å². The van der Waals surface area contributed by atoms with Gasteiger partial charge in [0.15, 0.2) is 0 Å². The zero-order valence-electron chi connectivity index (χ0n) is 12.5. The summed E-state index contributed by atoms with van der Waals surface area (Å²) in [6, 6.07) is 11.7. The van der Waals surface area contributed by atoms with Crippen molar-refractivity contribution in [3.8, 4) is 0 Å². The van der Waals surface area contributed by atoms with Gasteiger partial charge in [0.1, 0.15) is 0 Å². The number of amides is 1. The number of anilines is 2. The highest BCUT2D eigenvalue weighted by Crippen LogP contribution is 2.16. The molecule has 2 aromatic rings. The zero-order chi connectivity index (χ0) is 15.1. The van der Waals surface area contributed by atoms with Gasteiger partial charge in [0.25, 0.3) is 0 Å². The van der Waals surface area contributed by atoms with Crippen molar-refractivity contribution in [2.75, 3.05) is 10.6 Å². The van der Waals surface area contributed by atoms with Crippen LogP contribution in [0.4, 0.5) is 11.4 Å². The fraction of sp³-hybridized carbons (Fsp3) is 0.294. The lowest BCUT2D eigenvalue weighted by molar-refractivity contribution is -0.116. The number of benzene rings is 1. The van der Waals surface area contributed by atoms with Gasteiger partial charge < -0.3 is 10.6 Å². The smallest absolute Gasteiger partial charge is 0.224 e. The zero-order valence-corrected chi connectivity index (χ0v) is 12.5. The Morgan fingerprint density at radius 3 is 2.57 bits per heavy atom. The average molecular weight is 283 g/mol. The molecule has 4 nitrogen and oxygen atoms in total. The van der Waals surface area contributed by atoms with Gasteiger partial charge >= 0.3 is 0 Å². The summed E-state index contributed by atoms with van der Waals surface area (Å²) in [6.07, 6.45) is 4.09. The molecule has 0 atom stereocenters. The summed E-state index contributed by atoms with van der Waals surface area (Å²) < 4.78 is 0. The highest BCUT2D eigenvalue weighted by molar-refractivity contribution is 5.91. The number of aromatic nitrogens is 1. The third-order valence-electron chi connectivity index (χ3n) is 2.99. The first kappa shape index (κ1) is 15.0. The maximum absolute atomic E-state index is 11.8. The van der Waals surface area contributed by atoms with E-state index in [2.05, 4.69) is 15.6 Å². The Labute approximate surface area is 125 Å². The van der Waals surface area contributed by atoms with E-state index in [0.29, 0.717) is 12.3 Å². The molecule has 0 aliphatic heterocycles. The number of nitrogens with one attached hydrogen (secondary N) is 2. The molecule has 0 spiro atoms. The SMILES string of the molecule is CC(C)CC(=O)Nc1cccc(NCc2ccncc2)c1. The van der Waals surface area contributed by atoms with Crippen LogP contribution in [0.15, 0.2) is 48.8 Å². The second kappa shape index (κ2) is 7.43. The maximum atomic E-state index is 11.8. The Morgan fingerprint density at radius 1 is 1.14 bits per heavy atom. The molecule has 0 saturated carbocycles. The molecule has 0 unspecified atom stereocenters. The van der Waals surface area contributed by atoms with Crippen LogP contribution in [0.1, 0.15) is 25.8 Å². The van der Waals surface area contributed by atoms with Crippen molar-refractivity contribution in [2.45, 2.75) is 26.8 Å². The van der Waals surface area contributed by atoms with Gasteiger partial charge in [0.2, 0.25) is 5.91 Å². The van der Waals surface area contributed by atoms with Crippen LogP contribution in [0.5, 0.6) is 0 Å². The van der Waals surface area contributed by atoms with E-state index in [0.717, 1.165) is 17.9 Å². The lowest BCUT2D eigenvalue weighted by Gasteiger charge is -2.10. The number of carbonyl (C=O) groups excluding carboxylic acids is 1. The first-order chi connectivity index (χ1) is 10.1. The van der Waals surface area contributed by atoms with E-state index in [-0.39, 0.29) is 5.91 Å². The third-order valence-corrected chi connectivity index (χ3v) is 2.99. The molecule has 21 heavy (non-hydrogen) atoms. The minimum absolute atomic E-state index is 0.0521. The van der Waals surface area contributed by atoms with Gasteiger partial charge in [-0.05, 0) is 41.8 Å². The van der Waals surface area contributed by atoms with Crippen molar-refractivity contribution in [3.05, 3.63) is 54.4 Å². The second-order valence-electron chi connectivity index (χ2n) is 5.44. The largest absolute Gasteiger partial charge is 0.381 e. The highest BCUT2D eigenvalue weighted by Gasteiger charge is 2.05. The molecule has 2 N–H and O–H groups in total. The quantitative estimate of drug-likeness (QED) is 0.850. The van der Waals surface area contributed by atoms with Gasteiger partial charge in [0, 0.05) is 36.7 Å². The lowest BCUT2D eigenvalue weighted by Crippen LogP contribution is -2.13. The molecular formula is C17H21N3O. The minimum Gasteiger partial charge on any atom is -0.381 e. The number of hydrogen-bond acceptors (Lipinski definition) is 3. The molecule has 0 radical (unpaired) electrons. The number of pyridine rings is 1. The minimum atomic E-state index is 0.0521. The summed E-state index contributed by atoms with van der Waals surface area (Å²) in [5, 5.41) is 6.26. The van der Waals surface area contributed by atoms with Crippen molar-refractivity contribution in [3.63, 3.8) is 0 Å². The van der Waals surface area contributed by atoms with Crippen LogP contribution in [0.25, 0.3) is 0 Å². The number of hydrogen-bond donors (Lipinski definition) is 2. The van der Waals surface area contributed by atoms with Crippen molar-refractivity contribution in [1.82, 2.24) is 4.98 Å². The van der Waals surface area contributed by atoms with Crippen LogP contribution in [0.2, 0.25) is 0 Å². The standard InChI is InChI=1S/C17H21N3O/c1-13(2)10-17(21)20-16-5-3-4-15(11-16)19-12-14-6-8-18-9-7-14/h3-9,11,13,19H,10,12H2,1-2H3,(H,20,21). The lowest BCUT2D eigenvalue weighted by atomic mass is 10.1. The number of nitrogens with zero attached hydrogens (tertiary/aromatic N) is 1. The predicted octanol–water partition coefficient (Wildman–Crippen LogP) is 3.68. The van der Waals surface area contributed by atoms with Crippen LogP contribution in [-0.2, 0) is 11.3 Å². The number of carbonyl (C=O) groups is 1. The molecule has 0 saturated heterocycles. The van der Waals surface area contributed by atoms with E-state index in [9.17, 15) is 4.79 Å². The van der Waals surface area contributed by atoms with Gasteiger partial charge in [0.05, 0.1) is 0 Å². The van der Waals surface area contributed by atoms with E-state index >= 15 is 0 Å². The Kier molecular flexibility index (Phi) is 5.32. The maximum Gasteiger partial charge on any atom is 0.224 e. The fourth-order valence-corrected chi connectivity index (χ4v) is 1.99. The van der Waals surface area contributed by atoms with Crippen molar-refractivity contribution in [1.29, 1.82) is 0 Å². The van der Waals surface area contributed by atoms with Crippen LogP contribution < -0.4 is 10.6 Å². The van der Waals surface area contributed by atoms with Crippen molar-refractivity contribution >= 4 is 17.3 Å². The van der Waals surface area contributed by atoms with E-state index in [1.165, 1.54) is 5.56 Å². The molecule has 4 heteroatoms. The van der Waals surface area contributed by atoms with E-state index in [4.69, 9.17) is 0 Å². The summed E-state index contributed by atoms with van der Waals surface area (Å²) in [4.78, 5) is 15.8. The van der Waals surface area contributed by atoms with E-state index in [1.54, 1.807) is 12.4 Å². The monoisotopic (exact) mass is 283 g/mol. The molecule has 0 aliphatic rings. The van der Waals surface area contributed by atoms with Crippen molar-refractivity contribution < 1.29 is 4.79 Å². The molecule has 2 rings (SSSR count). The highest BCUT2D eigenvalue weighted by atomic mass is 16.1. The topological polar surface area (TPSA) is 54.0 Å². The Bertz CT molecular complexity index is 582. The van der Waals surface area contributed by atoms with Crippen LogP contribution in [-0.4, -0.2) is 10.9 Å².